The number of aryl methyl sites for hydroxylation is 1. The fourth-order valence-electron chi connectivity index (χ4n) is 1.97. The number of hydrogen-bond acceptors (Lipinski definition) is 2. The normalized spacial score (nSPS) is 11.6. The van der Waals surface area contributed by atoms with Gasteiger partial charge in [0.2, 0.25) is 0 Å². The molecule has 0 atom stereocenters. The van der Waals surface area contributed by atoms with Crippen molar-refractivity contribution in [1.82, 2.24) is 10.2 Å². The molecular weight excluding hydrogens is 222 g/mol. The minimum Gasteiger partial charge on any atom is -0.381 e. The van der Waals surface area contributed by atoms with Gasteiger partial charge in [-0.25, -0.2) is 0 Å². The smallest absolute Gasteiger partial charge is 0.0725 e. The molecule has 2 aromatic rings. The van der Waals surface area contributed by atoms with E-state index in [0.29, 0.717) is 0 Å². The summed E-state index contributed by atoms with van der Waals surface area (Å²) in [6, 6.07) is 8.43. The zero-order valence-corrected chi connectivity index (χ0v) is 11.5. The Morgan fingerprint density at radius 1 is 1.17 bits per heavy atom. The molecule has 1 aromatic carbocycles. The lowest BCUT2D eigenvalue weighted by Gasteiger charge is -2.17. The predicted octanol–water partition coefficient (Wildman–Crippen LogP) is 3.63. The van der Waals surface area contributed by atoms with Crippen molar-refractivity contribution in [1.29, 1.82) is 0 Å². The van der Waals surface area contributed by atoms with E-state index in [1.165, 1.54) is 11.1 Å². The van der Waals surface area contributed by atoms with Gasteiger partial charge in [-0.3, -0.25) is 5.10 Å². The molecule has 0 saturated heterocycles. The molecular formula is C15H21N3. The monoisotopic (exact) mass is 243 g/mol. The molecule has 0 radical (unpaired) electrons. The molecule has 0 aliphatic heterocycles. The van der Waals surface area contributed by atoms with E-state index in [2.05, 4.69) is 67.5 Å². The minimum absolute atomic E-state index is 0.0737. The van der Waals surface area contributed by atoms with E-state index in [9.17, 15) is 0 Å². The van der Waals surface area contributed by atoms with Crippen molar-refractivity contribution >= 4 is 5.69 Å². The Morgan fingerprint density at radius 2 is 1.83 bits per heavy atom. The molecule has 0 saturated carbocycles. The molecule has 18 heavy (non-hydrogen) atoms. The molecule has 0 bridgehead atoms. The topological polar surface area (TPSA) is 40.7 Å². The number of nitrogens with zero attached hydrogens (tertiary/aromatic N) is 1. The van der Waals surface area contributed by atoms with Crippen molar-refractivity contribution in [3.63, 3.8) is 0 Å². The van der Waals surface area contributed by atoms with E-state index in [0.717, 1.165) is 17.9 Å². The second kappa shape index (κ2) is 4.84. The van der Waals surface area contributed by atoms with Crippen molar-refractivity contribution < 1.29 is 0 Å². The number of anilines is 1. The highest BCUT2D eigenvalue weighted by Crippen LogP contribution is 2.24. The molecule has 96 valence electrons. The average molecular weight is 243 g/mol. The molecule has 0 fully saturated rings. The van der Waals surface area contributed by atoms with Gasteiger partial charge < -0.3 is 5.32 Å². The molecule has 3 heteroatoms. The lowest BCUT2D eigenvalue weighted by atomic mass is 9.89. The van der Waals surface area contributed by atoms with Crippen LogP contribution in [0, 0.1) is 6.92 Å². The summed E-state index contributed by atoms with van der Waals surface area (Å²) in [5.74, 6) is 0. The number of aromatic amines is 1. The van der Waals surface area contributed by atoms with E-state index in [-0.39, 0.29) is 5.41 Å². The summed E-state index contributed by atoms with van der Waals surface area (Å²) < 4.78 is 0. The Hall–Kier alpha value is -1.77. The van der Waals surface area contributed by atoms with E-state index in [1.807, 2.05) is 6.20 Å². The lowest BCUT2D eigenvalue weighted by Crippen LogP contribution is -2.15. The van der Waals surface area contributed by atoms with Crippen LogP contribution < -0.4 is 5.32 Å². The third-order valence-corrected chi connectivity index (χ3v) is 2.96. The van der Waals surface area contributed by atoms with Gasteiger partial charge in [0.1, 0.15) is 0 Å². The van der Waals surface area contributed by atoms with Crippen LogP contribution in [-0.2, 0) is 12.0 Å². The zero-order valence-electron chi connectivity index (χ0n) is 11.5. The molecule has 0 aliphatic rings. The zero-order chi connectivity index (χ0) is 13.2. The van der Waals surface area contributed by atoms with E-state index >= 15 is 0 Å². The van der Waals surface area contributed by atoms with Crippen LogP contribution in [-0.4, -0.2) is 10.2 Å². The van der Waals surface area contributed by atoms with Crippen LogP contribution in [0.1, 0.15) is 37.6 Å². The Kier molecular flexibility index (Phi) is 3.41. The van der Waals surface area contributed by atoms with Crippen LogP contribution in [0.4, 0.5) is 5.69 Å². The van der Waals surface area contributed by atoms with Gasteiger partial charge in [0.25, 0.3) is 0 Å². The Bertz CT molecular complexity index is 503. The summed E-state index contributed by atoms with van der Waals surface area (Å²) in [7, 11) is 0. The van der Waals surface area contributed by atoms with Gasteiger partial charge in [-0.2, -0.15) is 5.10 Å². The second-order valence-corrected chi connectivity index (χ2v) is 5.73. The predicted molar refractivity (Wildman–Crippen MR) is 75.8 cm³/mol. The first-order valence-electron chi connectivity index (χ1n) is 6.30. The highest BCUT2D eigenvalue weighted by atomic mass is 15.1. The van der Waals surface area contributed by atoms with Crippen molar-refractivity contribution in [2.75, 3.05) is 5.32 Å². The van der Waals surface area contributed by atoms with Crippen LogP contribution in [0.3, 0.4) is 0 Å². The first kappa shape index (κ1) is 12.7. The van der Waals surface area contributed by atoms with Gasteiger partial charge in [-0.05, 0) is 19.1 Å². The van der Waals surface area contributed by atoms with Crippen molar-refractivity contribution in [3.05, 3.63) is 47.3 Å². The van der Waals surface area contributed by atoms with Gasteiger partial charge in [-0.15, -0.1) is 0 Å². The number of aromatic nitrogens is 2. The van der Waals surface area contributed by atoms with Gasteiger partial charge in [0.05, 0.1) is 5.69 Å². The Morgan fingerprint density at radius 3 is 2.44 bits per heavy atom. The first-order valence-corrected chi connectivity index (χ1v) is 6.30. The molecule has 3 nitrogen and oxygen atoms in total. The first-order chi connectivity index (χ1) is 8.47. The summed E-state index contributed by atoms with van der Waals surface area (Å²) in [5.41, 5.74) is 4.84. The molecule has 1 heterocycles. The number of hydrogen-bond donors (Lipinski definition) is 2. The van der Waals surface area contributed by atoms with Crippen molar-refractivity contribution in [2.45, 2.75) is 39.7 Å². The standard InChI is InChI=1S/C15H21N3/c1-11-5-7-13(8-6-11)16-9-12-10-17-18-14(12)15(2,3)4/h5-8,10,16H,9H2,1-4H3,(H,17,18). The summed E-state index contributed by atoms with van der Waals surface area (Å²) in [4.78, 5) is 0. The highest BCUT2D eigenvalue weighted by molar-refractivity contribution is 5.45. The van der Waals surface area contributed by atoms with Gasteiger partial charge in [-0.1, -0.05) is 38.5 Å². The molecule has 0 spiro atoms. The van der Waals surface area contributed by atoms with E-state index in [1.54, 1.807) is 0 Å². The maximum atomic E-state index is 4.35. The number of nitrogens with one attached hydrogen (secondary N) is 2. The summed E-state index contributed by atoms with van der Waals surface area (Å²) in [5, 5.41) is 10.7. The van der Waals surface area contributed by atoms with Crippen LogP contribution in [0.5, 0.6) is 0 Å². The fraction of sp³-hybridized carbons (Fsp3) is 0.400. The maximum absolute atomic E-state index is 4.35. The highest BCUT2D eigenvalue weighted by Gasteiger charge is 2.20. The van der Waals surface area contributed by atoms with Gasteiger partial charge in [0, 0.05) is 29.4 Å². The lowest BCUT2D eigenvalue weighted by molar-refractivity contribution is 0.561. The fourth-order valence-corrected chi connectivity index (χ4v) is 1.97. The third kappa shape index (κ3) is 2.92. The quantitative estimate of drug-likeness (QED) is 0.864. The largest absolute Gasteiger partial charge is 0.381 e. The van der Waals surface area contributed by atoms with E-state index in [4.69, 9.17) is 0 Å². The third-order valence-electron chi connectivity index (χ3n) is 2.96. The van der Waals surface area contributed by atoms with Gasteiger partial charge >= 0.3 is 0 Å². The molecule has 2 rings (SSSR count). The molecule has 1 aromatic heterocycles. The summed E-state index contributed by atoms with van der Waals surface area (Å²) in [6.45, 7) is 9.43. The van der Waals surface area contributed by atoms with E-state index < -0.39 is 0 Å². The Labute approximate surface area is 109 Å². The number of benzene rings is 1. The molecule has 0 unspecified atom stereocenters. The molecule has 0 aliphatic carbocycles. The molecule has 0 amide bonds. The summed E-state index contributed by atoms with van der Waals surface area (Å²) in [6.07, 6.45) is 1.97. The average Bonchev–Trinajstić information content (AvgIpc) is 2.76. The summed E-state index contributed by atoms with van der Waals surface area (Å²) >= 11 is 0. The van der Waals surface area contributed by atoms with Crippen molar-refractivity contribution in [3.8, 4) is 0 Å². The molecule has 2 N–H and O–H groups in total. The SMILES string of the molecule is Cc1ccc(NCc2c[nH]nc2C(C)(C)C)cc1. The maximum Gasteiger partial charge on any atom is 0.0725 e. The van der Waals surface area contributed by atoms with Crippen LogP contribution in [0.2, 0.25) is 0 Å². The van der Waals surface area contributed by atoms with Gasteiger partial charge in [0.15, 0.2) is 0 Å². The van der Waals surface area contributed by atoms with Crippen LogP contribution in [0.15, 0.2) is 30.5 Å². The number of H-pyrrole nitrogens is 1. The van der Waals surface area contributed by atoms with Crippen LogP contribution >= 0.6 is 0 Å². The number of rotatable bonds is 3. The Balaban J connectivity index is 2.07. The second-order valence-electron chi connectivity index (χ2n) is 5.73. The van der Waals surface area contributed by atoms with Crippen LogP contribution in [0.25, 0.3) is 0 Å². The minimum atomic E-state index is 0.0737. The van der Waals surface area contributed by atoms with Crippen molar-refractivity contribution in [2.24, 2.45) is 0 Å².